The molecule has 20 heavy (non-hydrogen) atoms. The van der Waals surface area contributed by atoms with Gasteiger partial charge in [-0.25, -0.2) is 9.97 Å². The molecule has 1 unspecified atom stereocenters. The van der Waals surface area contributed by atoms with E-state index in [1.165, 1.54) is 0 Å². The minimum Gasteiger partial charge on any atom is -0.497 e. The third-order valence-electron chi connectivity index (χ3n) is 3.23. The predicted octanol–water partition coefficient (Wildman–Crippen LogP) is 1.60. The van der Waals surface area contributed by atoms with Gasteiger partial charge in [-0.1, -0.05) is 6.07 Å². The van der Waals surface area contributed by atoms with Crippen LogP contribution in [-0.4, -0.2) is 22.1 Å². The Labute approximate surface area is 115 Å². The summed E-state index contributed by atoms with van der Waals surface area (Å²) in [7, 11) is 1.59. The van der Waals surface area contributed by atoms with E-state index in [0.717, 1.165) is 16.6 Å². The smallest absolute Gasteiger partial charge is 0.152 e. The number of fused-ring (bicyclic) bond motifs is 1. The van der Waals surface area contributed by atoms with E-state index in [1.807, 2.05) is 24.4 Å². The molecule has 0 aliphatic rings. The summed E-state index contributed by atoms with van der Waals surface area (Å²) in [6.45, 7) is 0. The number of aromatic nitrogens is 3. The summed E-state index contributed by atoms with van der Waals surface area (Å²) in [4.78, 5) is 11.8. The minimum absolute atomic E-state index is 0.478. The summed E-state index contributed by atoms with van der Waals surface area (Å²) in [6.07, 6.45) is 3.56. The van der Waals surface area contributed by atoms with E-state index in [-0.39, 0.29) is 0 Å². The zero-order valence-corrected chi connectivity index (χ0v) is 11.0. The molecular formula is C14H15N5O. The maximum Gasteiger partial charge on any atom is 0.152 e. The lowest BCUT2D eigenvalue weighted by Crippen LogP contribution is -2.17. The van der Waals surface area contributed by atoms with Gasteiger partial charge < -0.3 is 21.2 Å². The molecule has 0 bridgehead atoms. The molecule has 1 atom stereocenters. The van der Waals surface area contributed by atoms with Gasteiger partial charge in [0.1, 0.15) is 11.4 Å². The molecule has 0 spiro atoms. The van der Waals surface area contributed by atoms with Crippen molar-refractivity contribution < 1.29 is 4.74 Å². The van der Waals surface area contributed by atoms with Gasteiger partial charge >= 0.3 is 0 Å². The molecule has 1 aromatic carbocycles. The van der Waals surface area contributed by atoms with Gasteiger partial charge in [-0.2, -0.15) is 0 Å². The van der Waals surface area contributed by atoms with Gasteiger partial charge in [-0.15, -0.1) is 0 Å². The van der Waals surface area contributed by atoms with Crippen molar-refractivity contribution in [2.45, 2.75) is 6.04 Å². The fraction of sp³-hybridized carbons (Fsp3) is 0.143. The zero-order chi connectivity index (χ0) is 14.1. The molecule has 2 aromatic heterocycles. The molecule has 6 nitrogen and oxygen atoms in total. The molecule has 3 aromatic rings. The summed E-state index contributed by atoms with van der Waals surface area (Å²) in [5, 5.41) is 0.948. The fourth-order valence-electron chi connectivity index (χ4n) is 2.10. The van der Waals surface area contributed by atoms with Crippen LogP contribution in [0.25, 0.3) is 11.0 Å². The number of nitrogens with one attached hydrogen (secondary N) is 1. The van der Waals surface area contributed by atoms with Crippen molar-refractivity contribution >= 4 is 16.7 Å². The van der Waals surface area contributed by atoms with Gasteiger partial charge in [0.05, 0.1) is 13.2 Å². The van der Waals surface area contributed by atoms with Crippen LogP contribution in [0.2, 0.25) is 0 Å². The van der Waals surface area contributed by atoms with Crippen molar-refractivity contribution in [3.63, 3.8) is 0 Å². The van der Waals surface area contributed by atoms with E-state index in [9.17, 15) is 0 Å². The Morgan fingerprint density at radius 3 is 2.90 bits per heavy atom. The number of rotatable bonds is 3. The number of nitrogens with zero attached hydrogens (tertiary/aromatic N) is 2. The largest absolute Gasteiger partial charge is 0.497 e. The van der Waals surface area contributed by atoms with Crippen LogP contribution < -0.4 is 16.2 Å². The van der Waals surface area contributed by atoms with Gasteiger partial charge in [0.25, 0.3) is 0 Å². The number of H-pyrrole nitrogens is 1. The van der Waals surface area contributed by atoms with Gasteiger partial charge in [0, 0.05) is 29.5 Å². The molecule has 2 heterocycles. The van der Waals surface area contributed by atoms with E-state index >= 15 is 0 Å². The lowest BCUT2D eigenvalue weighted by molar-refractivity contribution is 0.415. The molecule has 0 aliphatic heterocycles. The average molecular weight is 269 g/mol. The first-order valence-corrected chi connectivity index (χ1v) is 6.18. The molecule has 0 saturated carbocycles. The van der Waals surface area contributed by atoms with E-state index in [1.54, 1.807) is 19.4 Å². The van der Waals surface area contributed by atoms with E-state index in [2.05, 4.69) is 15.0 Å². The molecule has 0 amide bonds. The highest BCUT2D eigenvalue weighted by Crippen LogP contribution is 2.26. The molecule has 0 radical (unpaired) electrons. The Balaban J connectivity index is 2.00. The molecule has 0 aliphatic carbocycles. The topological polar surface area (TPSA) is 103 Å². The van der Waals surface area contributed by atoms with Crippen LogP contribution in [0, 0.1) is 0 Å². The Hall–Kier alpha value is -2.60. The Bertz CT molecular complexity index is 752. The predicted molar refractivity (Wildman–Crippen MR) is 77.3 cm³/mol. The summed E-state index contributed by atoms with van der Waals surface area (Å²) in [6, 6.07) is 6.82. The number of hydrogen-bond acceptors (Lipinski definition) is 5. The average Bonchev–Trinajstić information content (AvgIpc) is 2.93. The van der Waals surface area contributed by atoms with Crippen molar-refractivity contribution in [2.75, 3.05) is 12.8 Å². The summed E-state index contributed by atoms with van der Waals surface area (Å²) >= 11 is 0. The van der Waals surface area contributed by atoms with Crippen LogP contribution in [0.4, 0.5) is 5.69 Å². The van der Waals surface area contributed by atoms with Crippen molar-refractivity contribution in [1.29, 1.82) is 0 Å². The van der Waals surface area contributed by atoms with E-state index in [0.29, 0.717) is 17.3 Å². The molecule has 0 fully saturated rings. The number of nitrogens with two attached hydrogens (primary N) is 2. The van der Waals surface area contributed by atoms with Crippen LogP contribution in [0.5, 0.6) is 5.75 Å². The quantitative estimate of drug-likeness (QED) is 0.627. The first-order chi connectivity index (χ1) is 9.69. The highest BCUT2D eigenvalue weighted by atomic mass is 16.5. The number of benzene rings is 1. The number of hydrogen-bond donors (Lipinski definition) is 3. The van der Waals surface area contributed by atoms with Gasteiger partial charge in [-0.3, -0.25) is 0 Å². The molecule has 6 heteroatoms. The fourth-order valence-corrected chi connectivity index (χ4v) is 2.10. The van der Waals surface area contributed by atoms with Crippen LogP contribution in [-0.2, 0) is 0 Å². The number of aromatic amines is 1. The van der Waals surface area contributed by atoms with E-state index in [4.69, 9.17) is 16.2 Å². The summed E-state index contributed by atoms with van der Waals surface area (Å²) in [5.41, 5.74) is 14.3. The Kier molecular flexibility index (Phi) is 3.00. The molecule has 3 rings (SSSR count). The summed E-state index contributed by atoms with van der Waals surface area (Å²) in [5.74, 6) is 1.22. The third-order valence-corrected chi connectivity index (χ3v) is 3.23. The Morgan fingerprint density at radius 2 is 2.15 bits per heavy atom. The second kappa shape index (κ2) is 4.82. The normalized spacial score (nSPS) is 12.5. The first kappa shape index (κ1) is 12.4. The lowest BCUT2D eigenvalue weighted by atomic mass is 10.0. The Morgan fingerprint density at radius 1 is 1.30 bits per heavy atom. The third kappa shape index (κ3) is 2.06. The van der Waals surface area contributed by atoms with Crippen molar-refractivity contribution in [2.24, 2.45) is 5.73 Å². The highest BCUT2D eigenvalue weighted by Gasteiger charge is 2.16. The molecular weight excluding hydrogens is 254 g/mol. The highest BCUT2D eigenvalue weighted by molar-refractivity contribution is 5.74. The lowest BCUT2D eigenvalue weighted by Gasteiger charge is -2.14. The number of ether oxygens (including phenoxy) is 1. The van der Waals surface area contributed by atoms with Crippen molar-refractivity contribution in [3.05, 3.63) is 48.0 Å². The SMILES string of the molecule is COc1ccc(C(N)c2ncc3cc[nH]c3n2)c(N)c1. The van der Waals surface area contributed by atoms with Crippen LogP contribution in [0.1, 0.15) is 17.4 Å². The zero-order valence-electron chi connectivity index (χ0n) is 11.0. The molecule has 0 saturated heterocycles. The maximum atomic E-state index is 6.21. The number of nitrogen functional groups attached to an aromatic ring is 1. The summed E-state index contributed by atoms with van der Waals surface area (Å²) < 4.78 is 5.13. The standard InChI is InChI=1S/C14H15N5O/c1-20-9-2-3-10(11(15)6-9)12(16)14-18-7-8-4-5-17-13(8)19-14/h2-7,12H,15-16H2,1H3,(H,17,18,19). The first-order valence-electron chi connectivity index (χ1n) is 6.18. The molecule has 5 N–H and O–H groups in total. The van der Waals surface area contributed by atoms with Crippen LogP contribution in [0.3, 0.4) is 0 Å². The second-order valence-electron chi connectivity index (χ2n) is 4.48. The number of methoxy groups -OCH3 is 1. The van der Waals surface area contributed by atoms with Crippen molar-refractivity contribution in [1.82, 2.24) is 15.0 Å². The maximum absolute atomic E-state index is 6.21. The van der Waals surface area contributed by atoms with Crippen molar-refractivity contribution in [3.8, 4) is 5.75 Å². The van der Waals surface area contributed by atoms with Gasteiger partial charge in [0.15, 0.2) is 5.82 Å². The minimum atomic E-state index is -0.478. The van der Waals surface area contributed by atoms with E-state index < -0.39 is 6.04 Å². The number of anilines is 1. The van der Waals surface area contributed by atoms with Gasteiger partial charge in [0.2, 0.25) is 0 Å². The van der Waals surface area contributed by atoms with Gasteiger partial charge in [-0.05, 0) is 17.7 Å². The monoisotopic (exact) mass is 269 g/mol. The van der Waals surface area contributed by atoms with Crippen LogP contribution >= 0.6 is 0 Å². The van der Waals surface area contributed by atoms with Crippen LogP contribution in [0.15, 0.2) is 36.7 Å². The second-order valence-corrected chi connectivity index (χ2v) is 4.48. The molecule has 102 valence electrons.